The molecule has 1 aromatic rings. The third kappa shape index (κ3) is 2.73. The first-order valence-electron chi connectivity index (χ1n) is 4.55. The molecule has 0 unspecified atom stereocenters. The number of amides is 1. The molecular weight excluding hydrogens is 272 g/mol. The fraction of sp³-hybridized carbons (Fsp3) is 0.300. The highest BCUT2D eigenvalue weighted by Crippen LogP contribution is 2.32. The minimum atomic E-state index is -0.428. The van der Waals surface area contributed by atoms with Gasteiger partial charge in [0.2, 0.25) is 0 Å². The van der Waals surface area contributed by atoms with Gasteiger partial charge in [0, 0.05) is 22.0 Å². The van der Waals surface area contributed by atoms with Gasteiger partial charge in [-0.1, -0.05) is 29.3 Å². The van der Waals surface area contributed by atoms with Gasteiger partial charge >= 0.3 is 6.09 Å². The molecule has 3 nitrogen and oxygen atoms in total. The van der Waals surface area contributed by atoms with Crippen molar-refractivity contribution in [3.05, 3.63) is 33.8 Å². The molecule has 2 rings (SSSR count). The van der Waals surface area contributed by atoms with Crippen LogP contribution in [-0.4, -0.2) is 12.7 Å². The van der Waals surface area contributed by atoms with Crippen molar-refractivity contribution in [1.82, 2.24) is 5.32 Å². The monoisotopic (exact) mass is 281 g/mol. The molecule has 1 saturated heterocycles. The average Bonchev–Trinajstić information content (AvgIpc) is 2.17. The molecule has 1 aliphatic heterocycles. The first-order chi connectivity index (χ1) is 7.18. The van der Waals surface area contributed by atoms with Crippen LogP contribution in [0.5, 0.6) is 0 Å². The van der Waals surface area contributed by atoms with E-state index in [2.05, 4.69) is 5.32 Å². The second kappa shape index (κ2) is 5.62. The molecule has 1 aromatic carbocycles. The summed E-state index contributed by atoms with van der Waals surface area (Å²) in [5, 5.41) is 3.81. The molecule has 0 saturated carbocycles. The number of benzene rings is 1. The van der Waals surface area contributed by atoms with Crippen LogP contribution in [0, 0.1) is 0 Å². The lowest BCUT2D eigenvalue weighted by atomic mass is 10.0. The Balaban J connectivity index is 0.00000128. The van der Waals surface area contributed by atoms with Gasteiger partial charge in [0.1, 0.15) is 0 Å². The Morgan fingerprint density at radius 1 is 1.31 bits per heavy atom. The number of rotatable bonds is 1. The van der Waals surface area contributed by atoms with Crippen LogP contribution < -0.4 is 5.32 Å². The highest BCUT2D eigenvalue weighted by molar-refractivity contribution is 6.36. The predicted molar refractivity (Wildman–Crippen MR) is 65.6 cm³/mol. The van der Waals surface area contributed by atoms with E-state index in [9.17, 15) is 4.79 Å². The summed E-state index contributed by atoms with van der Waals surface area (Å²) in [4.78, 5) is 11.0. The molecule has 1 aliphatic rings. The fourth-order valence-electron chi connectivity index (χ4n) is 1.59. The third-order valence-corrected chi connectivity index (χ3v) is 2.94. The molecule has 1 heterocycles. The van der Waals surface area contributed by atoms with E-state index in [-0.39, 0.29) is 18.4 Å². The number of carbonyl (C=O) groups excluding carboxylic acids is 1. The van der Waals surface area contributed by atoms with Gasteiger partial charge in [-0.2, -0.15) is 0 Å². The summed E-state index contributed by atoms with van der Waals surface area (Å²) in [6, 6.07) is 5.12. The Morgan fingerprint density at radius 3 is 2.50 bits per heavy atom. The summed E-state index contributed by atoms with van der Waals surface area (Å²) < 4.78 is 4.77. The van der Waals surface area contributed by atoms with Gasteiger partial charge in [-0.15, -0.1) is 12.4 Å². The molecule has 1 atom stereocenters. The van der Waals surface area contributed by atoms with Crippen molar-refractivity contribution >= 4 is 41.7 Å². The number of ether oxygens (including phenoxy) is 1. The molecule has 88 valence electrons. The highest BCUT2D eigenvalue weighted by Gasteiger charge is 2.24. The number of alkyl carbamates (subject to hydrolysis) is 1. The maximum absolute atomic E-state index is 11.0. The normalized spacial score (nSPS) is 19.4. The zero-order valence-electron chi connectivity index (χ0n) is 8.20. The van der Waals surface area contributed by atoms with E-state index in [1.165, 1.54) is 0 Å². The first kappa shape index (κ1) is 13.4. The lowest BCUT2D eigenvalue weighted by Crippen LogP contribution is -2.35. The Bertz CT molecular complexity index is 377. The standard InChI is InChI=1S/C10H9Cl2NO2.ClH/c11-6-2-1-3-7(12)9(6)8-4-5-15-10(14)13-8;/h1-3,8H,4-5H2,(H,13,14);1H/t8-;/m1./s1. The van der Waals surface area contributed by atoms with E-state index in [0.717, 1.165) is 5.56 Å². The molecule has 0 bridgehead atoms. The van der Waals surface area contributed by atoms with Crippen LogP contribution in [0.15, 0.2) is 18.2 Å². The Kier molecular flexibility index (Phi) is 4.71. The molecule has 0 aliphatic carbocycles. The van der Waals surface area contributed by atoms with Gasteiger partial charge in [0.15, 0.2) is 0 Å². The summed E-state index contributed by atoms with van der Waals surface area (Å²) in [6.45, 7) is 0.387. The summed E-state index contributed by atoms with van der Waals surface area (Å²) in [6.07, 6.45) is 0.247. The first-order valence-corrected chi connectivity index (χ1v) is 5.31. The van der Waals surface area contributed by atoms with Crippen LogP contribution in [0.2, 0.25) is 10.0 Å². The summed E-state index contributed by atoms with van der Waals surface area (Å²) in [7, 11) is 0. The maximum atomic E-state index is 11.0. The number of hydrogen-bond acceptors (Lipinski definition) is 2. The molecule has 1 amide bonds. The van der Waals surface area contributed by atoms with Gasteiger partial charge in [-0.3, -0.25) is 0 Å². The van der Waals surface area contributed by atoms with E-state index < -0.39 is 6.09 Å². The zero-order valence-corrected chi connectivity index (χ0v) is 10.5. The molecule has 1 fully saturated rings. The van der Waals surface area contributed by atoms with Gasteiger partial charge in [-0.25, -0.2) is 4.79 Å². The number of cyclic esters (lactones) is 1. The van der Waals surface area contributed by atoms with E-state index in [0.29, 0.717) is 23.1 Å². The van der Waals surface area contributed by atoms with Crippen molar-refractivity contribution in [3.63, 3.8) is 0 Å². The smallest absolute Gasteiger partial charge is 0.407 e. The highest BCUT2D eigenvalue weighted by atomic mass is 35.5. The van der Waals surface area contributed by atoms with Gasteiger partial charge in [0.05, 0.1) is 12.6 Å². The van der Waals surface area contributed by atoms with Crippen LogP contribution >= 0.6 is 35.6 Å². The molecular formula is C10H10Cl3NO2. The largest absolute Gasteiger partial charge is 0.449 e. The number of nitrogens with one attached hydrogen (secondary N) is 1. The Labute approximate surface area is 109 Å². The van der Waals surface area contributed by atoms with Crippen LogP contribution in [0.3, 0.4) is 0 Å². The van der Waals surface area contributed by atoms with E-state index in [1.807, 2.05) is 0 Å². The average molecular weight is 283 g/mol. The minimum Gasteiger partial charge on any atom is -0.449 e. The fourth-order valence-corrected chi connectivity index (χ4v) is 2.25. The van der Waals surface area contributed by atoms with Crippen LogP contribution in [0.1, 0.15) is 18.0 Å². The van der Waals surface area contributed by atoms with Crippen LogP contribution in [-0.2, 0) is 4.74 Å². The third-order valence-electron chi connectivity index (χ3n) is 2.28. The van der Waals surface area contributed by atoms with Crippen LogP contribution in [0.25, 0.3) is 0 Å². The number of carbonyl (C=O) groups is 1. The Hall–Kier alpha value is -0.640. The van der Waals surface area contributed by atoms with Crippen molar-refractivity contribution in [3.8, 4) is 0 Å². The van der Waals surface area contributed by atoms with E-state index >= 15 is 0 Å². The van der Waals surface area contributed by atoms with Crippen molar-refractivity contribution in [2.45, 2.75) is 12.5 Å². The number of halogens is 3. The second-order valence-corrected chi connectivity index (χ2v) is 4.07. The molecule has 16 heavy (non-hydrogen) atoms. The summed E-state index contributed by atoms with van der Waals surface area (Å²) in [5.74, 6) is 0. The topological polar surface area (TPSA) is 38.3 Å². The van der Waals surface area contributed by atoms with E-state index in [4.69, 9.17) is 27.9 Å². The summed E-state index contributed by atoms with van der Waals surface area (Å²) >= 11 is 12.1. The lowest BCUT2D eigenvalue weighted by molar-refractivity contribution is 0.115. The van der Waals surface area contributed by atoms with Gasteiger partial charge in [0.25, 0.3) is 0 Å². The molecule has 6 heteroatoms. The summed E-state index contributed by atoms with van der Waals surface area (Å²) in [5.41, 5.74) is 0.762. The van der Waals surface area contributed by atoms with E-state index in [1.54, 1.807) is 18.2 Å². The quantitative estimate of drug-likeness (QED) is 0.855. The SMILES string of the molecule is Cl.O=C1N[C@@H](c2c(Cl)cccc2Cl)CCO1. The van der Waals surface area contributed by atoms with Crippen molar-refractivity contribution in [2.24, 2.45) is 0 Å². The van der Waals surface area contributed by atoms with Crippen LogP contribution in [0.4, 0.5) is 4.79 Å². The second-order valence-electron chi connectivity index (χ2n) is 3.26. The molecule has 1 N–H and O–H groups in total. The molecule has 0 spiro atoms. The molecule has 0 radical (unpaired) electrons. The maximum Gasteiger partial charge on any atom is 0.407 e. The van der Waals surface area contributed by atoms with Crippen molar-refractivity contribution in [2.75, 3.05) is 6.61 Å². The predicted octanol–water partition coefficient (Wildman–Crippen LogP) is 3.59. The van der Waals surface area contributed by atoms with Crippen molar-refractivity contribution < 1.29 is 9.53 Å². The zero-order chi connectivity index (χ0) is 10.8. The number of hydrogen-bond donors (Lipinski definition) is 1. The molecule has 0 aromatic heterocycles. The minimum absolute atomic E-state index is 0. The Morgan fingerprint density at radius 2 is 1.94 bits per heavy atom. The van der Waals surface area contributed by atoms with Gasteiger partial charge in [-0.05, 0) is 12.1 Å². The van der Waals surface area contributed by atoms with Crippen molar-refractivity contribution in [1.29, 1.82) is 0 Å². The lowest BCUT2D eigenvalue weighted by Gasteiger charge is -2.25. The van der Waals surface area contributed by atoms with Gasteiger partial charge < -0.3 is 10.1 Å².